The first-order valence-corrected chi connectivity index (χ1v) is 7.56. The van der Waals surface area contributed by atoms with E-state index in [0.717, 1.165) is 3.79 Å². The molecule has 18 heavy (non-hydrogen) atoms. The highest BCUT2D eigenvalue weighted by atomic mass is 79.9. The third-order valence-corrected chi connectivity index (χ3v) is 4.56. The molecule has 0 saturated heterocycles. The number of aliphatic hydroxyl groups is 1. The van der Waals surface area contributed by atoms with Crippen molar-refractivity contribution in [2.75, 3.05) is 6.54 Å². The molecule has 0 saturated carbocycles. The first-order chi connectivity index (χ1) is 8.24. The molecule has 1 amide bonds. The van der Waals surface area contributed by atoms with E-state index in [1.807, 2.05) is 33.8 Å². The molecule has 1 heterocycles. The minimum absolute atomic E-state index is 0.0882. The largest absolute Gasteiger partial charge is 0.392 e. The van der Waals surface area contributed by atoms with E-state index in [9.17, 15) is 9.90 Å². The van der Waals surface area contributed by atoms with Gasteiger partial charge in [0.1, 0.15) is 0 Å². The number of thiophene rings is 1. The Kier molecular flexibility index (Phi) is 5.37. The molecular weight excluding hydrogens is 314 g/mol. The third-order valence-electron chi connectivity index (χ3n) is 2.93. The Balaban J connectivity index is 2.57. The maximum atomic E-state index is 11.9. The standard InChI is InChI=1S/C13H20BrNO2S/c1-8(2)11(16)13(3,4)7-15-12(17)9-5-6-10(14)18-9/h5-6,8,11,16H,7H2,1-4H3,(H,15,17). The van der Waals surface area contributed by atoms with Gasteiger partial charge in [-0.05, 0) is 34.0 Å². The molecule has 5 heteroatoms. The van der Waals surface area contributed by atoms with Crippen LogP contribution in [-0.2, 0) is 0 Å². The highest BCUT2D eigenvalue weighted by Crippen LogP contribution is 2.26. The van der Waals surface area contributed by atoms with Gasteiger partial charge in [-0.15, -0.1) is 11.3 Å². The number of hydrogen-bond donors (Lipinski definition) is 2. The third kappa shape index (κ3) is 4.07. The van der Waals surface area contributed by atoms with E-state index in [0.29, 0.717) is 11.4 Å². The van der Waals surface area contributed by atoms with Crippen LogP contribution < -0.4 is 5.32 Å². The van der Waals surface area contributed by atoms with Gasteiger partial charge in [0, 0.05) is 12.0 Å². The predicted octanol–water partition coefficient (Wildman–Crippen LogP) is 3.28. The fourth-order valence-electron chi connectivity index (χ4n) is 1.84. The molecule has 0 aliphatic heterocycles. The summed E-state index contributed by atoms with van der Waals surface area (Å²) in [6.07, 6.45) is -0.437. The maximum Gasteiger partial charge on any atom is 0.261 e. The monoisotopic (exact) mass is 333 g/mol. The summed E-state index contributed by atoms with van der Waals surface area (Å²) in [4.78, 5) is 12.6. The molecule has 1 aromatic rings. The molecule has 0 spiro atoms. The van der Waals surface area contributed by atoms with Gasteiger partial charge < -0.3 is 10.4 Å². The van der Waals surface area contributed by atoms with Crippen molar-refractivity contribution in [2.45, 2.75) is 33.8 Å². The van der Waals surface area contributed by atoms with Gasteiger partial charge >= 0.3 is 0 Å². The fourth-order valence-corrected chi connectivity index (χ4v) is 3.14. The minimum Gasteiger partial charge on any atom is -0.392 e. The van der Waals surface area contributed by atoms with Crippen molar-refractivity contribution < 1.29 is 9.90 Å². The van der Waals surface area contributed by atoms with E-state index in [1.165, 1.54) is 11.3 Å². The van der Waals surface area contributed by atoms with Crippen LogP contribution in [0.3, 0.4) is 0 Å². The van der Waals surface area contributed by atoms with Crippen LogP contribution in [0.15, 0.2) is 15.9 Å². The highest BCUT2D eigenvalue weighted by Gasteiger charge is 2.30. The summed E-state index contributed by atoms with van der Waals surface area (Å²) < 4.78 is 0.939. The molecule has 0 aliphatic carbocycles. The Morgan fingerprint density at radius 1 is 1.50 bits per heavy atom. The lowest BCUT2D eigenvalue weighted by Crippen LogP contribution is -2.43. The highest BCUT2D eigenvalue weighted by molar-refractivity contribution is 9.11. The lowest BCUT2D eigenvalue weighted by atomic mass is 9.81. The Morgan fingerprint density at radius 2 is 2.11 bits per heavy atom. The molecule has 1 rings (SSSR count). The van der Waals surface area contributed by atoms with Crippen LogP contribution in [0, 0.1) is 11.3 Å². The smallest absolute Gasteiger partial charge is 0.261 e. The molecule has 1 aromatic heterocycles. The van der Waals surface area contributed by atoms with Crippen molar-refractivity contribution in [3.8, 4) is 0 Å². The zero-order chi connectivity index (χ0) is 13.9. The van der Waals surface area contributed by atoms with Crippen LogP contribution in [0.1, 0.15) is 37.4 Å². The number of hydrogen-bond acceptors (Lipinski definition) is 3. The van der Waals surface area contributed by atoms with Crippen molar-refractivity contribution in [1.82, 2.24) is 5.32 Å². The zero-order valence-corrected chi connectivity index (χ0v) is 13.6. The minimum atomic E-state index is -0.437. The van der Waals surface area contributed by atoms with Gasteiger partial charge in [-0.25, -0.2) is 0 Å². The Morgan fingerprint density at radius 3 is 2.56 bits per heavy atom. The van der Waals surface area contributed by atoms with Gasteiger partial charge in [0.15, 0.2) is 0 Å². The van der Waals surface area contributed by atoms with Gasteiger partial charge in [-0.2, -0.15) is 0 Å². The van der Waals surface area contributed by atoms with Crippen molar-refractivity contribution in [2.24, 2.45) is 11.3 Å². The SMILES string of the molecule is CC(C)C(O)C(C)(C)CNC(=O)c1ccc(Br)s1. The molecule has 0 bridgehead atoms. The van der Waals surface area contributed by atoms with Crippen LogP contribution in [-0.4, -0.2) is 23.7 Å². The van der Waals surface area contributed by atoms with Gasteiger partial charge in [0.25, 0.3) is 5.91 Å². The average molecular weight is 334 g/mol. The number of rotatable bonds is 5. The molecule has 0 fully saturated rings. The number of nitrogens with one attached hydrogen (secondary N) is 1. The van der Waals surface area contributed by atoms with Crippen LogP contribution >= 0.6 is 27.3 Å². The summed E-state index contributed by atoms with van der Waals surface area (Å²) in [6.45, 7) is 8.33. The molecule has 102 valence electrons. The zero-order valence-electron chi connectivity index (χ0n) is 11.2. The van der Waals surface area contributed by atoms with Crippen molar-refractivity contribution >= 4 is 33.2 Å². The summed E-state index contributed by atoms with van der Waals surface area (Å²) in [5, 5.41) is 13.0. The normalized spacial score (nSPS) is 13.7. The first-order valence-electron chi connectivity index (χ1n) is 5.95. The number of halogens is 1. The lowest BCUT2D eigenvalue weighted by molar-refractivity contribution is 0.0138. The second-order valence-electron chi connectivity index (χ2n) is 5.46. The molecule has 0 aromatic carbocycles. The van der Waals surface area contributed by atoms with Gasteiger partial charge in [-0.3, -0.25) is 4.79 Å². The summed E-state index contributed by atoms with van der Waals surface area (Å²) in [5.41, 5.74) is -0.335. The topological polar surface area (TPSA) is 49.3 Å². The molecule has 3 nitrogen and oxygen atoms in total. The van der Waals surface area contributed by atoms with Crippen LogP contribution in [0.2, 0.25) is 0 Å². The summed E-state index contributed by atoms with van der Waals surface area (Å²) in [5.74, 6) is 0.0857. The molecule has 1 unspecified atom stereocenters. The Bertz CT molecular complexity index is 415. The van der Waals surface area contributed by atoms with Crippen LogP contribution in [0.5, 0.6) is 0 Å². The van der Waals surface area contributed by atoms with E-state index in [2.05, 4.69) is 21.2 Å². The van der Waals surface area contributed by atoms with Gasteiger partial charge in [0.2, 0.25) is 0 Å². The van der Waals surface area contributed by atoms with Gasteiger partial charge in [0.05, 0.1) is 14.8 Å². The molecule has 2 N–H and O–H groups in total. The number of aliphatic hydroxyl groups excluding tert-OH is 1. The second kappa shape index (κ2) is 6.17. The quantitative estimate of drug-likeness (QED) is 0.868. The van der Waals surface area contributed by atoms with Gasteiger partial charge in [-0.1, -0.05) is 27.7 Å². The van der Waals surface area contributed by atoms with E-state index in [-0.39, 0.29) is 17.2 Å². The van der Waals surface area contributed by atoms with E-state index in [4.69, 9.17) is 0 Å². The summed E-state index contributed by atoms with van der Waals surface area (Å²) >= 11 is 4.74. The Labute approximate surface area is 121 Å². The number of carbonyl (C=O) groups excluding carboxylic acids is 1. The van der Waals surface area contributed by atoms with Crippen LogP contribution in [0.25, 0.3) is 0 Å². The van der Waals surface area contributed by atoms with E-state index >= 15 is 0 Å². The summed E-state index contributed by atoms with van der Waals surface area (Å²) in [6, 6.07) is 3.64. The van der Waals surface area contributed by atoms with Crippen LogP contribution in [0.4, 0.5) is 0 Å². The number of amides is 1. The predicted molar refractivity (Wildman–Crippen MR) is 79.0 cm³/mol. The molecule has 1 atom stereocenters. The number of carbonyl (C=O) groups is 1. The first kappa shape index (κ1) is 15.7. The average Bonchev–Trinajstić information content (AvgIpc) is 2.71. The molecule has 0 aliphatic rings. The van der Waals surface area contributed by atoms with E-state index in [1.54, 1.807) is 6.07 Å². The van der Waals surface area contributed by atoms with E-state index < -0.39 is 6.10 Å². The van der Waals surface area contributed by atoms with Crippen molar-refractivity contribution in [1.29, 1.82) is 0 Å². The molecule has 0 radical (unpaired) electrons. The summed E-state index contributed by atoms with van der Waals surface area (Å²) in [7, 11) is 0. The Hall–Kier alpha value is -0.390. The fraction of sp³-hybridized carbons (Fsp3) is 0.615. The maximum absolute atomic E-state index is 11.9. The van der Waals surface area contributed by atoms with Crippen molar-refractivity contribution in [3.63, 3.8) is 0 Å². The molecular formula is C13H20BrNO2S. The lowest BCUT2D eigenvalue weighted by Gasteiger charge is -2.33. The van der Waals surface area contributed by atoms with Crippen molar-refractivity contribution in [3.05, 3.63) is 20.8 Å². The second-order valence-corrected chi connectivity index (χ2v) is 7.93.